The number of ketones is 1. The quantitative estimate of drug-likeness (QED) is 0.694. The Balaban J connectivity index is 2.23. The number of carboxylic acid groups (broad SMARTS) is 1. The molecule has 0 bridgehead atoms. The molecule has 2 heterocycles. The third kappa shape index (κ3) is 1.90. The highest BCUT2D eigenvalue weighted by Gasteiger charge is 2.60. The lowest BCUT2D eigenvalue weighted by atomic mass is 9.74. The second kappa shape index (κ2) is 5.26. The number of fused-ring (bicyclic) bond motifs is 1. The van der Waals surface area contributed by atoms with E-state index in [1.54, 1.807) is 41.1 Å². The molecule has 0 spiro atoms. The van der Waals surface area contributed by atoms with E-state index in [1.165, 1.54) is 13.2 Å². The molecule has 0 saturated heterocycles. The molecular weight excluding hydrogens is 306 g/mol. The molecule has 3 rings (SSSR count). The van der Waals surface area contributed by atoms with E-state index >= 15 is 0 Å². The number of carboxylic acids is 1. The molecule has 0 fully saturated rings. The van der Waals surface area contributed by atoms with E-state index in [1.807, 2.05) is 0 Å². The van der Waals surface area contributed by atoms with Crippen LogP contribution in [-0.4, -0.2) is 34.6 Å². The molecule has 1 aliphatic heterocycles. The highest BCUT2D eigenvalue weighted by molar-refractivity contribution is 6.31. The number of aliphatic carboxylic acids is 1. The first-order chi connectivity index (χ1) is 10.5. The number of carbonyl (C=O) groups is 2. The zero-order valence-electron chi connectivity index (χ0n) is 11.8. The summed E-state index contributed by atoms with van der Waals surface area (Å²) in [6.07, 6.45) is 0.830. The van der Waals surface area contributed by atoms with Crippen molar-refractivity contribution in [3.05, 3.63) is 58.9 Å². The third-order valence-electron chi connectivity index (χ3n) is 4.13. The number of ether oxygens (including phenoxy) is 1. The Labute approximate surface area is 132 Å². The molecule has 1 N–H and O–H groups in total. The van der Waals surface area contributed by atoms with Gasteiger partial charge in [0.2, 0.25) is 0 Å². The summed E-state index contributed by atoms with van der Waals surface area (Å²) in [5, 5.41) is 10.3. The standard InChI is InChI=1S/C16H14ClNO4/c1-22-13-9-18-8-11(17)7-12(18)16(13,15(20)21)14(19)10-5-3-2-4-6-10/h2-8,13H,9H2,1H3,(H,20,21). The number of nitrogens with zero attached hydrogens (tertiary/aromatic N) is 1. The van der Waals surface area contributed by atoms with Gasteiger partial charge in [0, 0.05) is 24.6 Å². The van der Waals surface area contributed by atoms with Gasteiger partial charge in [0.1, 0.15) is 6.10 Å². The van der Waals surface area contributed by atoms with Crippen molar-refractivity contribution in [2.45, 2.75) is 18.1 Å². The molecule has 2 atom stereocenters. The Morgan fingerprint density at radius 3 is 2.64 bits per heavy atom. The second-order valence-electron chi connectivity index (χ2n) is 5.23. The van der Waals surface area contributed by atoms with E-state index in [0.717, 1.165) is 0 Å². The average molecular weight is 320 g/mol. The Bertz CT molecular complexity index is 740. The van der Waals surface area contributed by atoms with Crippen LogP contribution in [0.15, 0.2) is 42.6 Å². The van der Waals surface area contributed by atoms with Crippen LogP contribution in [0.4, 0.5) is 0 Å². The van der Waals surface area contributed by atoms with Crippen LogP contribution in [0, 0.1) is 0 Å². The fourth-order valence-electron chi connectivity index (χ4n) is 3.12. The van der Waals surface area contributed by atoms with Crippen molar-refractivity contribution in [1.82, 2.24) is 4.57 Å². The van der Waals surface area contributed by atoms with Gasteiger partial charge in [0.15, 0.2) is 11.2 Å². The molecule has 1 aromatic heterocycles. The number of aromatic nitrogens is 1. The predicted octanol–water partition coefficient (Wildman–Crippen LogP) is 2.38. The Morgan fingerprint density at radius 2 is 2.05 bits per heavy atom. The number of carbonyl (C=O) groups excluding carboxylic acids is 1. The van der Waals surface area contributed by atoms with Gasteiger partial charge in [-0.1, -0.05) is 41.9 Å². The molecule has 6 heteroatoms. The molecule has 114 valence electrons. The lowest BCUT2D eigenvalue weighted by Crippen LogP contribution is -2.51. The molecule has 2 unspecified atom stereocenters. The molecule has 0 aliphatic carbocycles. The van der Waals surface area contributed by atoms with Crippen molar-refractivity contribution in [1.29, 1.82) is 0 Å². The summed E-state index contributed by atoms with van der Waals surface area (Å²) in [7, 11) is 1.41. The first kappa shape index (κ1) is 14.8. The normalized spacial score (nSPS) is 23.3. The fourth-order valence-corrected chi connectivity index (χ4v) is 3.34. The summed E-state index contributed by atoms with van der Waals surface area (Å²) in [6.45, 7) is 0.267. The van der Waals surface area contributed by atoms with Crippen molar-refractivity contribution in [3.8, 4) is 0 Å². The van der Waals surface area contributed by atoms with Crippen LogP contribution in [0.1, 0.15) is 16.1 Å². The van der Waals surface area contributed by atoms with Gasteiger partial charge in [-0.05, 0) is 6.07 Å². The van der Waals surface area contributed by atoms with Crippen LogP contribution in [0.2, 0.25) is 5.02 Å². The molecule has 1 aliphatic rings. The zero-order valence-corrected chi connectivity index (χ0v) is 12.6. The highest BCUT2D eigenvalue weighted by atomic mass is 35.5. The number of hydrogen-bond donors (Lipinski definition) is 1. The number of halogens is 1. The van der Waals surface area contributed by atoms with Gasteiger partial charge in [-0.15, -0.1) is 0 Å². The minimum atomic E-state index is -1.79. The molecule has 22 heavy (non-hydrogen) atoms. The van der Waals surface area contributed by atoms with E-state index in [0.29, 0.717) is 16.3 Å². The minimum absolute atomic E-state index is 0.267. The molecule has 0 amide bonds. The van der Waals surface area contributed by atoms with Crippen LogP contribution in [0.25, 0.3) is 0 Å². The topological polar surface area (TPSA) is 68.5 Å². The predicted molar refractivity (Wildman–Crippen MR) is 80.3 cm³/mol. The first-order valence-electron chi connectivity index (χ1n) is 6.74. The van der Waals surface area contributed by atoms with Crippen LogP contribution in [0.5, 0.6) is 0 Å². The van der Waals surface area contributed by atoms with E-state index < -0.39 is 23.3 Å². The van der Waals surface area contributed by atoms with Gasteiger partial charge in [0.25, 0.3) is 0 Å². The molecule has 0 radical (unpaired) electrons. The zero-order chi connectivity index (χ0) is 15.9. The second-order valence-corrected chi connectivity index (χ2v) is 5.67. The third-order valence-corrected chi connectivity index (χ3v) is 4.34. The maximum Gasteiger partial charge on any atom is 0.326 e. The fraction of sp³-hybridized carbons (Fsp3) is 0.250. The average Bonchev–Trinajstić information content (AvgIpc) is 3.01. The van der Waals surface area contributed by atoms with Gasteiger partial charge < -0.3 is 14.4 Å². The summed E-state index contributed by atoms with van der Waals surface area (Å²) in [5.41, 5.74) is -1.10. The van der Waals surface area contributed by atoms with Crippen LogP contribution < -0.4 is 0 Å². The van der Waals surface area contributed by atoms with Gasteiger partial charge in [-0.2, -0.15) is 0 Å². The van der Waals surface area contributed by atoms with Gasteiger partial charge in [-0.25, -0.2) is 0 Å². The van der Waals surface area contributed by atoms with Crippen LogP contribution in [0.3, 0.4) is 0 Å². The maximum absolute atomic E-state index is 13.0. The Hall–Kier alpha value is -2.11. The maximum atomic E-state index is 13.0. The van der Waals surface area contributed by atoms with E-state index in [2.05, 4.69) is 0 Å². The number of hydrogen-bond acceptors (Lipinski definition) is 3. The van der Waals surface area contributed by atoms with Crippen LogP contribution in [-0.2, 0) is 21.5 Å². The number of benzene rings is 1. The van der Waals surface area contributed by atoms with Crippen molar-refractivity contribution in [2.24, 2.45) is 0 Å². The molecule has 1 aromatic carbocycles. The van der Waals surface area contributed by atoms with Crippen molar-refractivity contribution < 1.29 is 19.4 Å². The summed E-state index contributed by atoms with van der Waals surface area (Å²) >= 11 is 5.99. The van der Waals surface area contributed by atoms with Crippen molar-refractivity contribution in [2.75, 3.05) is 7.11 Å². The largest absolute Gasteiger partial charge is 0.480 e. The van der Waals surface area contributed by atoms with E-state index in [4.69, 9.17) is 16.3 Å². The number of Topliss-reactive ketones (excluding diaryl/α,β-unsaturated/α-hetero) is 1. The lowest BCUT2D eigenvalue weighted by molar-refractivity contribution is -0.146. The van der Waals surface area contributed by atoms with Crippen LogP contribution >= 0.6 is 11.6 Å². The first-order valence-corrected chi connectivity index (χ1v) is 7.11. The number of methoxy groups -OCH3 is 1. The van der Waals surface area contributed by atoms with Crippen molar-refractivity contribution >= 4 is 23.4 Å². The highest BCUT2D eigenvalue weighted by Crippen LogP contribution is 2.42. The summed E-state index contributed by atoms with van der Waals surface area (Å²) in [5.74, 6) is -1.73. The van der Waals surface area contributed by atoms with E-state index in [-0.39, 0.29) is 6.54 Å². The van der Waals surface area contributed by atoms with Gasteiger partial charge >= 0.3 is 5.97 Å². The molecule has 5 nitrogen and oxygen atoms in total. The Morgan fingerprint density at radius 1 is 1.36 bits per heavy atom. The van der Waals surface area contributed by atoms with Gasteiger partial charge in [-0.3, -0.25) is 9.59 Å². The molecule has 2 aromatic rings. The van der Waals surface area contributed by atoms with Crippen molar-refractivity contribution in [3.63, 3.8) is 0 Å². The molecule has 0 saturated carbocycles. The molecular formula is C16H14ClNO4. The summed E-state index contributed by atoms with van der Waals surface area (Å²) in [6, 6.07) is 9.90. The van der Waals surface area contributed by atoms with E-state index in [9.17, 15) is 14.7 Å². The summed E-state index contributed by atoms with van der Waals surface area (Å²) in [4.78, 5) is 25.2. The SMILES string of the molecule is COC1Cn2cc(Cl)cc2C1(C(=O)O)C(=O)c1ccccc1. The monoisotopic (exact) mass is 319 g/mol. The number of rotatable bonds is 4. The minimum Gasteiger partial charge on any atom is -0.480 e. The Kier molecular flexibility index (Phi) is 3.54. The summed E-state index contributed by atoms with van der Waals surface area (Å²) < 4.78 is 7.02. The van der Waals surface area contributed by atoms with Gasteiger partial charge in [0.05, 0.1) is 11.6 Å². The lowest BCUT2D eigenvalue weighted by Gasteiger charge is -2.28. The smallest absolute Gasteiger partial charge is 0.326 e.